The van der Waals surface area contributed by atoms with Crippen molar-refractivity contribution < 1.29 is 13.9 Å². The molecule has 136 valence electrons. The molecule has 2 aromatic carbocycles. The fourth-order valence-electron chi connectivity index (χ4n) is 2.56. The Kier molecular flexibility index (Phi) is 5.52. The van der Waals surface area contributed by atoms with Gasteiger partial charge in [-0.05, 0) is 54.4 Å². The summed E-state index contributed by atoms with van der Waals surface area (Å²) >= 11 is 0. The van der Waals surface area contributed by atoms with Crippen molar-refractivity contribution >= 4 is 19.1 Å². The topological polar surface area (TPSA) is 27.7 Å². The molecule has 0 aromatic heterocycles. The maximum atomic E-state index is 6.63. The van der Waals surface area contributed by atoms with E-state index in [4.69, 9.17) is 13.9 Å². The summed E-state index contributed by atoms with van der Waals surface area (Å²) in [6, 6.07) is 8.11. The van der Waals surface area contributed by atoms with Crippen LogP contribution in [0.1, 0.15) is 26.3 Å². The van der Waals surface area contributed by atoms with Gasteiger partial charge in [0.2, 0.25) is 8.32 Å². The van der Waals surface area contributed by atoms with Gasteiger partial charge in [-0.3, -0.25) is 0 Å². The number of hydrogen-bond acceptors (Lipinski definition) is 3. The van der Waals surface area contributed by atoms with E-state index in [0.29, 0.717) is 0 Å². The minimum absolute atomic E-state index is 0.131. The van der Waals surface area contributed by atoms with E-state index < -0.39 is 8.32 Å². The molecule has 0 heterocycles. The van der Waals surface area contributed by atoms with E-state index in [1.807, 2.05) is 18.2 Å². The van der Waals surface area contributed by atoms with Gasteiger partial charge in [0.1, 0.15) is 17.2 Å². The first-order chi connectivity index (χ1) is 11.6. The molecule has 0 bridgehead atoms. The second-order valence-corrected chi connectivity index (χ2v) is 12.6. The van der Waals surface area contributed by atoms with Crippen molar-refractivity contribution in [3.05, 3.63) is 42.5 Å². The lowest BCUT2D eigenvalue weighted by molar-refractivity contribution is 0.410. The standard InChI is InChI=1S/C21H30O3Si/c1-9-10-15-13-16-17(19(23-6)12-11-18(16)22-5)14-20(15)24-25(7,8)21(2,3)4/h9,11-14H,1,10H2,2-8H3. The first kappa shape index (κ1) is 19.4. The van der Waals surface area contributed by atoms with Crippen LogP contribution in [0.2, 0.25) is 18.1 Å². The van der Waals surface area contributed by atoms with Gasteiger partial charge in [-0.15, -0.1) is 6.58 Å². The Bertz CT molecular complexity index is 773. The number of ether oxygens (including phenoxy) is 2. The smallest absolute Gasteiger partial charge is 0.250 e. The van der Waals surface area contributed by atoms with Gasteiger partial charge < -0.3 is 13.9 Å². The predicted octanol–water partition coefficient (Wildman–Crippen LogP) is 5.97. The van der Waals surface area contributed by atoms with Crippen molar-refractivity contribution in [1.29, 1.82) is 0 Å². The van der Waals surface area contributed by atoms with Gasteiger partial charge in [0, 0.05) is 10.8 Å². The van der Waals surface area contributed by atoms with Gasteiger partial charge >= 0.3 is 0 Å². The van der Waals surface area contributed by atoms with Gasteiger partial charge in [0.25, 0.3) is 0 Å². The summed E-state index contributed by atoms with van der Waals surface area (Å²) in [6.07, 6.45) is 2.66. The van der Waals surface area contributed by atoms with E-state index in [2.05, 4.69) is 52.6 Å². The Morgan fingerprint density at radius 1 is 0.960 bits per heavy atom. The summed E-state index contributed by atoms with van der Waals surface area (Å²) in [5.41, 5.74) is 1.12. The van der Waals surface area contributed by atoms with E-state index in [1.54, 1.807) is 14.2 Å². The van der Waals surface area contributed by atoms with Crippen LogP contribution in [0.15, 0.2) is 36.9 Å². The number of fused-ring (bicyclic) bond motifs is 1. The van der Waals surface area contributed by atoms with Crippen molar-refractivity contribution in [2.24, 2.45) is 0 Å². The molecule has 0 saturated heterocycles. The van der Waals surface area contributed by atoms with E-state index in [0.717, 1.165) is 40.0 Å². The summed E-state index contributed by atoms with van der Waals surface area (Å²) in [5, 5.41) is 2.16. The molecule has 0 saturated carbocycles. The Morgan fingerprint density at radius 3 is 1.92 bits per heavy atom. The summed E-state index contributed by atoms with van der Waals surface area (Å²) in [7, 11) is 1.43. The minimum Gasteiger partial charge on any atom is -0.543 e. The molecule has 0 aliphatic carbocycles. The van der Waals surface area contributed by atoms with Crippen LogP contribution >= 0.6 is 0 Å². The molecule has 0 fully saturated rings. The number of allylic oxidation sites excluding steroid dienone is 1. The zero-order valence-electron chi connectivity index (χ0n) is 16.5. The molecule has 0 spiro atoms. The third-order valence-corrected chi connectivity index (χ3v) is 9.44. The SMILES string of the molecule is C=CCc1cc2c(OC)ccc(OC)c2cc1O[Si](C)(C)C(C)(C)C. The Balaban J connectivity index is 2.70. The molecule has 0 radical (unpaired) electrons. The van der Waals surface area contributed by atoms with Crippen LogP contribution in [-0.4, -0.2) is 22.5 Å². The van der Waals surface area contributed by atoms with Crippen LogP contribution < -0.4 is 13.9 Å². The molecule has 2 aromatic rings. The largest absolute Gasteiger partial charge is 0.543 e. The Labute approximate surface area is 152 Å². The van der Waals surface area contributed by atoms with Crippen molar-refractivity contribution in [3.63, 3.8) is 0 Å². The monoisotopic (exact) mass is 358 g/mol. The first-order valence-electron chi connectivity index (χ1n) is 8.62. The van der Waals surface area contributed by atoms with Crippen molar-refractivity contribution in [2.45, 2.75) is 45.3 Å². The maximum Gasteiger partial charge on any atom is 0.250 e. The zero-order chi connectivity index (χ0) is 18.8. The second kappa shape index (κ2) is 7.12. The Morgan fingerprint density at radius 2 is 1.48 bits per heavy atom. The second-order valence-electron chi connectivity index (χ2n) is 7.83. The quantitative estimate of drug-likeness (QED) is 0.470. The highest BCUT2D eigenvalue weighted by Crippen LogP contribution is 2.42. The fourth-order valence-corrected chi connectivity index (χ4v) is 3.60. The van der Waals surface area contributed by atoms with Crippen LogP contribution in [0.25, 0.3) is 10.8 Å². The minimum atomic E-state index is -1.95. The molecule has 0 amide bonds. The van der Waals surface area contributed by atoms with Gasteiger partial charge in [-0.25, -0.2) is 0 Å². The molecule has 3 nitrogen and oxygen atoms in total. The van der Waals surface area contributed by atoms with Crippen LogP contribution in [0.4, 0.5) is 0 Å². The van der Waals surface area contributed by atoms with E-state index >= 15 is 0 Å². The maximum absolute atomic E-state index is 6.63. The van der Waals surface area contributed by atoms with Gasteiger partial charge in [-0.1, -0.05) is 26.8 Å². The zero-order valence-corrected chi connectivity index (χ0v) is 17.5. The molecule has 4 heteroatoms. The molecule has 0 aliphatic heterocycles. The summed E-state index contributed by atoms with van der Waals surface area (Å²) < 4.78 is 17.7. The molecule has 25 heavy (non-hydrogen) atoms. The van der Waals surface area contributed by atoms with Crippen LogP contribution in [-0.2, 0) is 6.42 Å². The number of methoxy groups -OCH3 is 2. The highest BCUT2D eigenvalue weighted by molar-refractivity contribution is 6.74. The first-order valence-corrected chi connectivity index (χ1v) is 11.5. The Hall–Kier alpha value is -1.94. The average Bonchev–Trinajstić information content (AvgIpc) is 2.53. The van der Waals surface area contributed by atoms with Crippen LogP contribution in [0.5, 0.6) is 17.2 Å². The molecule has 0 aliphatic rings. The van der Waals surface area contributed by atoms with Crippen LogP contribution in [0, 0.1) is 0 Å². The molecule has 0 atom stereocenters. The van der Waals surface area contributed by atoms with Gasteiger partial charge in [-0.2, -0.15) is 0 Å². The fraction of sp³-hybridized carbons (Fsp3) is 0.429. The van der Waals surface area contributed by atoms with Crippen molar-refractivity contribution in [2.75, 3.05) is 14.2 Å². The predicted molar refractivity (Wildman–Crippen MR) is 109 cm³/mol. The van der Waals surface area contributed by atoms with Crippen molar-refractivity contribution in [1.82, 2.24) is 0 Å². The van der Waals surface area contributed by atoms with Crippen molar-refractivity contribution in [3.8, 4) is 17.2 Å². The highest BCUT2D eigenvalue weighted by Gasteiger charge is 2.39. The number of rotatable bonds is 6. The van der Waals surface area contributed by atoms with Gasteiger partial charge in [0.15, 0.2) is 0 Å². The van der Waals surface area contributed by atoms with E-state index in [1.165, 1.54) is 0 Å². The molecular weight excluding hydrogens is 328 g/mol. The lowest BCUT2D eigenvalue weighted by Gasteiger charge is -2.37. The molecule has 0 N–H and O–H groups in total. The summed E-state index contributed by atoms with van der Waals surface area (Å²) in [6.45, 7) is 15.2. The molecule has 2 rings (SSSR count). The molecule has 0 unspecified atom stereocenters. The molecular formula is C21H30O3Si. The highest BCUT2D eigenvalue weighted by atomic mass is 28.4. The third-order valence-electron chi connectivity index (χ3n) is 5.09. The lowest BCUT2D eigenvalue weighted by Crippen LogP contribution is -2.44. The van der Waals surface area contributed by atoms with Gasteiger partial charge in [0.05, 0.1) is 14.2 Å². The summed E-state index contributed by atoms with van der Waals surface area (Å²) in [4.78, 5) is 0. The average molecular weight is 359 g/mol. The summed E-state index contributed by atoms with van der Waals surface area (Å²) in [5.74, 6) is 2.58. The normalized spacial score (nSPS) is 12.1. The van der Waals surface area contributed by atoms with Crippen LogP contribution in [0.3, 0.4) is 0 Å². The van der Waals surface area contributed by atoms with E-state index in [-0.39, 0.29) is 5.04 Å². The number of benzene rings is 2. The lowest BCUT2D eigenvalue weighted by atomic mass is 10.0. The third kappa shape index (κ3) is 3.84. The van der Waals surface area contributed by atoms with E-state index in [9.17, 15) is 0 Å². The number of hydrogen-bond donors (Lipinski definition) is 0.